The van der Waals surface area contributed by atoms with Crippen LogP contribution in [-0.2, 0) is 42.6 Å². The van der Waals surface area contributed by atoms with Gasteiger partial charge in [0.25, 0.3) is 0 Å². The first-order chi connectivity index (χ1) is 21.6. The molecule has 240 valence electrons. The molecule has 13 nitrogen and oxygen atoms in total. The Morgan fingerprint density at radius 3 is 2.53 bits per heavy atom. The number of ether oxygens (including phenoxy) is 3. The molecule has 0 amide bonds. The summed E-state index contributed by atoms with van der Waals surface area (Å²) in [4.78, 5) is 21.0. The van der Waals surface area contributed by atoms with E-state index in [4.69, 9.17) is 38.5 Å². The lowest BCUT2D eigenvalue weighted by Gasteiger charge is -2.18. The normalized spacial score (nSPS) is 14.0. The van der Waals surface area contributed by atoms with Gasteiger partial charge in [-0.05, 0) is 61.7 Å². The molecule has 1 heterocycles. The van der Waals surface area contributed by atoms with Gasteiger partial charge in [-0.25, -0.2) is 4.57 Å². The molecule has 14 heteroatoms. The molecule has 0 saturated carbocycles. The molecule has 0 fully saturated rings. The van der Waals surface area contributed by atoms with Gasteiger partial charge in [0.2, 0.25) is 11.8 Å². The fourth-order valence-corrected chi connectivity index (χ4v) is 4.88. The second-order valence-corrected chi connectivity index (χ2v) is 11.4. The highest BCUT2D eigenvalue weighted by Gasteiger charge is 2.32. The van der Waals surface area contributed by atoms with Gasteiger partial charge in [-0.3, -0.25) is 13.8 Å². The number of rotatable bonds is 18. The van der Waals surface area contributed by atoms with Gasteiger partial charge in [-0.2, -0.15) is 0 Å². The third kappa shape index (κ3) is 10.8. The van der Waals surface area contributed by atoms with E-state index in [-0.39, 0.29) is 25.0 Å². The van der Waals surface area contributed by atoms with Crippen LogP contribution < -0.4 is 15.2 Å². The number of aromatic nitrogens is 2. The summed E-state index contributed by atoms with van der Waals surface area (Å²) >= 11 is 0. The molecule has 3 aromatic carbocycles. The lowest BCUT2D eigenvalue weighted by molar-refractivity contribution is -0.139. The number of para-hydroxylation sites is 1. The molecule has 4 N–H and O–H groups in total. The Kier molecular flexibility index (Phi) is 12.2. The number of nitrogens with zero attached hydrogens (tertiary/aromatic N) is 2. The van der Waals surface area contributed by atoms with Crippen LogP contribution in [0.1, 0.15) is 41.5 Å². The van der Waals surface area contributed by atoms with Gasteiger partial charge < -0.3 is 34.4 Å². The molecule has 1 aromatic heterocycles. The van der Waals surface area contributed by atoms with Crippen molar-refractivity contribution in [3.63, 3.8) is 0 Å². The van der Waals surface area contributed by atoms with Gasteiger partial charge in [0.15, 0.2) is 6.10 Å². The highest BCUT2D eigenvalue weighted by molar-refractivity contribution is 7.47. The molecule has 0 radical (unpaired) electrons. The molecule has 0 aliphatic rings. The quantitative estimate of drug-likeness (QED) is 0.121. The van der Waals surface area contributed by atoms with E-state index in [9.17, 15) is 14.3 Å². The van der Waals surface area contributed by atoms with E-state index in [1.165, 1.54) is 0 Å². The highest BCUT2D eigenvalue weighted by Crippen LogP contribution is 2.48. The predicted octanol–water partition coefficient (Wildman–Crippen LogP) is 5.16. The molecule has 3 atom stereocenters. The second-order valence-electron chi connectivity index (χ2n) is 9.96. The van der Waals surface area contributed by atoms with Gasteiger partial charge in [-0.15, -0.1) is 10.2 Å². The molecule has 0 saturated heterocycles. The van der Waals surface area contributed by atoms with Crippen LogP contribution in [0.15, 0.2) is 77.2 Å². The molecule has 0 bridgehead atoms. The summed E-state index contributed by atoms with van der Waals surface area (Å²) in [6, 6.07) is 21.6. The highest BCUT2D eigenvalue weighted by atomic mass is 31.2. The first kappa shape index (κ1) is 33.8. The fourth-order valence-electron chi connectivity index (χ4n) is 4.00. The summed E-state index contributed by atoms with van der Waals surface area (Å²) in [5, 5.41) is 16.9. The summed E-state index contributed by atoms with van der Waals surface area (Å²) in [6.45, 7) is 3.42. The summed E-state index contributed by atoms with van der Waals surface area (Å²) in [6.07, 6.45) is -0.403. The Morgan fingerprint density at radius 2 is 1.78 bits per heavy atom. The van der Waals surface area contributed by atoms with Crippen molar-refractivity contribution in [1.29, 1.82) is 0 Å². The van der Waals surface area contributed by atoms with Crippen molar-refractivity contribution in [2.45, 2.75) is 45.4 Å². The number of hydrogen-bond donors (Lipinski definition) is 3. The number of phosphoric ester groups is 1. The van der Waals surface area contributed by atoms with E-state index >= 15 is 0 Å². The Hall–Kier alpha value is -4.10. The number of carboxylic acids is 1. The number of aryl methyl sites for hydroxylation is 3. The molecule has 4 rings (SSSR count). The minimum Gasteiger partial charge on any atom is -0.489 e. The maximum absolute atomic E-state index is 12.4. The smallest absolute Gasteiger partial charge is 0.473 e. The molecule has 45 heavy (non-hydrogen) atoms. The van der Waals surface area contributed by atoms with Crippen LogP contribution in [0.4, 0.5) is 0 Å². The standard InChI is InChI=1S/C31H36N3O10P/c1-3-39-20-28(44-45(37,38)41-19-26(32)31(35)36)30-34-33-29(43-30)16-13-23-8-4-5-10-27(23)40-18-22-7-6-9-25(17-22)42-24-14-11-21(2)12-15-24/h4-12,14-15,17,26,28H,3,13,16,18-20,32H2,1-2H3,(H,35,36)(H,37,38)/t26-,28+/m0/s1. The summed E-state index contributed by atoms with van der Waals surface area (Å²) < 4.78 is 45.5. The maximum Gasteiger partial charge on any atom is 0.473 e. The molecular formula is C31H36N3O10P. The zero-order valence-corrected chi connectivity index (χ0v) is 25.8. The van der Waals surface area contributed by atoms with E-state index < -0.39 is 32.5 Å². The number of nitrogens with two attached hydrogens (primary N) is 1. The first-order valence-corrected chi connectivity index (χ1v) is 15.7. The fraction of sp³-hybridized carbons (Fsp3) is 0.323. The molecule has 0 aliphatic carbocycles. The Bertz CT molecular complexity index is 1580. The first-order valence-electron chi connectivity index (χ1n) is 14.2. The number of benzene rings is 3. The molecule has 1 unspecified atom stereocenters. The SMILES string of the molecule is CCOC[C@@H](OP(=O)(O)OC[C@H](N)C(=O)O)c1nnc(CCc2ccccc2OCc2cccc(Oc3ccc(C)cc3)c2)o1. The summed E-state index contributed by atoms with van der Waals surface area (Å²) in [7, 11) is -4.74. The third-order valence-corrected chi connectivity index (χ3v) is 7.35. The van der Waals surface area contributed by atoms with Gasteiger partial charge in [-0.1, -0.05) is 48.0 Å². The maximum atomic E-state index is 12.4. The van der Waals surface area contributed by atoms with E-state index in [0.29, 0.717) is 30.9 Å². The van der Waals surface area contributed by atoms with Crippen molar-refractivity contribution in [2.75, 3.05) is 19.8 Å². The largest absolute Gasteiger partial charge is 0.489 e. The van der Waals surface area contributed by atoms with Crippen molar-refractivity contribution < 1.29 is 47.0 Å². The van der Waals surface area contributed by atoms with Crippen molar-refractivity contribution in [3.8, 4) is 17.2 Å². The minimum atomic E-state index is -4.74. The van der Waals surface area contributed by atoms with Gasteiger partial charge in [0, 0.05) is 13.0 Å². The van der Waals surface area contributed by atoms with Crippen molar-refractivity contribution in [3.05, 3.63) is 101 Å². The number of aliphatic carboxylic acids is 1. The van der Waals surface area contributed by atoms with E-state index in [1.54, 1.807) is 6.92 Å². The number of phosphoric acid groups is 1. The van der Waals surface area contributed by atoms with Crippen LogP contribution in [0.3, 0.4) is 0 Å². The van der Waals surface area contributed by atoms with Crippen LogP contribution in [0.5, 0.6) is 17.2 Å². The molecule has 0 aliphatic heterocycles. The van der Waals surface area contributed by atoms with Crippen LogP contribution in [0.2, 0.25) is 0 Å². The monoisotopic (exact) mass is 641 g/mol. The van der Waals surface area contributed by atoms with Crippen molar-refractivity contribution in [2.24, 2.45) is 5.73 Å². The van der Waals surface area contributed by atoms with Crippen molar-refractivity contribution >= 4 is 13.8 Å². The Morgan fingerprint density at radius 1 is 1.00 bits per heavy atom. The van der Waals surface area contributed by atoms with E-state index in [1.807, 2.05) is 79.7 Å². The van der Waals surface area contributed by atoms with E-state index in [0.717, 1.165) is 22.4 Å². The number of hydrogen-bond acceptors (Lipinski definition) is 11. The van der Waals surface area contributed by atoms with Gasteiger partial charge >= 0.3 is 13.8 Å². The zero-order chi connectivity index (χ0) is 32.2. The lowest BCUT2D eigenvalue weighted by Crippen LogP contribution is -2.34. The molecular weight excluding hydrogens is 605 g/mol. The van der Waals surface area contributed by atoms with Crippen LogP contribution in [0, 0.1) is 6.92 Å². The summed E-state index contributed by atoms with van der Waals surface area (Å²) in [5.74, 6) is 0.913. The van der Waals surface area contributed by atoms with Gasteiger partial charge in [0.05, 0.1) is 13.2 Å². The average molecular weight is 642 g/mol. The van der Waals surface area contributed by atoms with Crippen LogP contribution in [0.25, 0.3) is 0 Å². The van der Waals surface area contributed by atoms with Crippen LogP contribution in [-0.4, -0.2) is 52.0 Å². The van der Waals surface area contributed by atoms with Crippen molar-refractivity contribution in [1.82, 2.24) is 10.2 Å². The van der Waals surface area contributed by atoms with Crippen LogP contribution >= 0.6 is 7.82 Å². The lowest BCUT2D eigenvalue weighted by atomic mass is 10.1. The molecule has 0 spiro atoms. The van der Waals surface area contributed by atoms with Gasteiger partial charge in [0.1, 0.15) is 29.9 Å². The third-order valence-electron chi connectivity index (χ3n) is 6.36. The zero-order valence-electron chi connectivity index (χ0n) is 24.9. The molecule has 4 aromatic rings. The van der Waals surface area contributed by atoms with E-state index in [2.05, 4.69) is 10.2 Å². The Balaban J connectivity index is 1.35. The minimum absolute atomic E-state index is 0.101. The number of carbonyl (C=O) groups is 1. The summed E-state index contributed by atoms with van der Waals surface area (Å²) in [5.41, 5.74) is 8.34. The predicted molar refractivity (Wildman–Crippen MR) is 162 cm³/mol. The second kappa shape index (κ2) is 16.3. The Labute approximate surface area is 260 Å². The number of carboxylic acid groups (broad SMARTS) is 1. The average Bonchev–Trinajstić information content (AvgIpc) is 3.50. The topological polar surface area (TPSA) is 186 Å².